The fraction of sp³-hybridized carbons (Fsp3) is 0.154. The van der Waals surface area contributed by atoms with E-state index in [1.165, 1.54) is 0 Å². The molecule has 4 aromatic rings. The largest absolute Gasteiger partial charge is 0.480 e. The highest BCUT2D eigenvalue weighted by Crippen LogP contribution is 2.44. The molecule has 1 aliphatic carbocycles. The smallest absolute Gasteiger partial charge is 0.420 e. The molecular weight excluding hydrogens is 484 g/mol. The Balaban J connectivity index is 1.32. The molecule has 1 aliphatic rings. The van der Waals surface area contributed by atoms with Gasteiger partial charge in [0.2, 0.25) is 0 Å². The number of hydrogen-bond acceptors (Lipinski definition) is 3. The van der Waals surface area contributed by atoms with Gasteiger partial charge in [0, 0.05) is 29.4 Å². The summed E-state index contributed by atoms with van der Waals surface area (Å²) < 4.78 is 6.60. The van der Waals surface area contributed by atoms with E-state index in [9.17, 15) is 14.7 Å². The van der Waals surface area contributed by atoms with Crippen LogP contribution in [0.5, 0.6) is 0 Å². The number of para-hydroxylation sites is 1. The van der Waals surface area contributed by atoms with Gasteiger partial charge in [-0.2, -0.15) is 0 Å². The number of carboxylic acids is 1. The number of nitrogens with one attached hydrogen (secondary N) is 1. The summed E-state index contributed by atoms with van der Waals surface area (Å²) in [5.74, 6) is -1.22. The van der Waals surface area contributed by atoms with Crippen molar-refractivity contribution in [3.05, 3.63) is 95.7 Å². The molecule has 0 saturated heterocycles. The first-order chi connectivity index (χ1) is 16.0. The Hall–Kier alpha value is -3.58. The number of rotatable bonds is 6. The Morgan fingerprint density at radius 3 is 2.24 bits per heavy atom. The van der Waals surface area contributed by atoms with Gasteiger partial charge in [0.15, 0.2) is 0 Å². The van der Waals surface area contributed by atoms with Crippen LogP contribution in [0.4, 0.5) is 4.79 Å². The lowest BCUT2D eigenvalue weighted by Gasteiger charge is -2.23. The van der Waals surface area contributed by atoms with Crippen LogP contribution in [0.2, 0.25) is 0 Å². The Labute approximate surface area is 199 Å². The van der Waals surface area contributed by atoms with Crippen LogP contribution in [-0.4, -0.2) is 38.7 Å². The summed E-state index contributed by atoms with van der Waals surface area (Å²) in [4.78, 5) is 28.0. The van der Waals surface area contributed by atoms with Crippen molar-refractivity contribution in [2.45, 2.75) is 18.4 Å². The van der Waals surface area contributed by atoms with Crippen molar-refractivity contribution in [3.8, 4) is 11.1 Å². The van der Waals surface area contributed by atoms with Gasteiger partial charge in [0.25, 0.3) is 0 Å². The summed E-state index contributed by atoms with van der Waals surface area (Å²) >= 11 is 3.16. The van der Waals surface area contributed by atoms with Crippen molar-refractivity contribution in [1.82, 2.24) is 8.91 Å². The monoisotopic (exact) mass is 504 g/mol. The van der Waals surface area contributed by atoms with Crippen molar-refractivity contribution >= 4 is 39.1 Å². The second-order valence-electron chi connectivity index (χ2n) is 8.03. The molecule has 0 aliphatic heterocycles. The van der Waals surface area contributed by atoms with Crippen molar-refractivity contribution < 1.29 is 19.4 Å². The standard InChI is InChI=1S/C26H21BrN2O4/c27-29(24(25(30)31)13-16-14-28-23-12-6-5-7-17(16)23)26(32)33-15-22-20-10-3-1-8-18(20)19-9-2-4-11-21(19)22/h1-12,14,22,24,28H,13,15H2,(H,30,31)/t24-/m0/s1. The third kappa shape index (κ3) is 3.89. The van der Waals surface area contributed by atoms with E-state index in [-0.39, 0.29) is 18.9 Å². The highest BCUT2D eigenvalue weighted by molar-refractivity contribution is 9.07. The van der Waals surface area contributed by atoms with E-state index >= 15 is 0 Å². The summed E-state index contributed by atoms with van der Waals surface area (Å²) in [7, 11) is 0. The number of fused-ring (bicyclic) bond motifs is 4. The minimum absolute atomic E-state index is 0.0980. The summed E-state index contributed by atoms with van der Waals surface area (Å²) in [6.45, 7) is 0.119. The van der Waals surface area contributed by atoms with Gasteiger partial charge < -0.3 is 14.8 Å². The number of carboxylic acid groups (broad SMARTS) is 1. The maximum Gasteiger partial charge on any atom is 0.420 e. The van der Waals surface area contributed by atoms with Gasteiger partial charge in [-0.3, -0.25) is 0 Å². The number of hydrogen-bond donors (Lipinski definition) is 2. The molecule has 1 amide bonds. The van der Waals surface area contributed by atoms with Gasteiger partial charge in [-0.05, 0) is 33.9 Å². The van der Waals surface area contributed by atoms with Crippen LogP contribution in [0, 0.1) is 0 Å². The molecular formula is C26H21BrN2O4. The number of aromatic nitrogens is 1. The van der Waals surface area contributed by atoms with Crippen molar-refractivity contribution in [2.24, 2.45) is 0 Å². The molecule has 3 aromatic carbocycles. The lowest BCUT2D eigenvalue weighted by Crippen LogP contribution is -2.40. The average Bonchev–Trinajstić information content (AvgIpc) is 3.39. The first-order valence-electron chi connectivity index (χ1n) is 10.6. The SMILES string of the molecule is O=C(O)[C@H](Cc1c[nH]c2ccccc12)N(Br)C(=O)OCC1c2ccccc2-c2ccccc21. The van der Waals surface area contributed by atoms with Crippen LogP contribution in [0.1, 0.15) is 22.6 Å². The number of aromatic amines is 1. The minimum atomic E-state index is -1.13. The third-order valence-electron chi connectivity index (χ3n) is 6.16. The number of amides is 1. The van der Waals surface area contributed by atoms with E-state index in [0.29, 0.717) is 0 Å². The van der Waals surface area contributed by atoms with Gasteiger partial charge in [0.05, 0.1) is 16.1 Å². The van der Waals surface area contributed by atoms with Gasteiger partial charge in [0.1, 0.15) is 12.6 Å². The second kappa shape index (κ2) is 8.75. The van der Waals surface area contributed by atoms with Gasteiger partial charge in [-0.1, -0.05) is 66.7 Å². The highest BCUT2D eigenvalue weighted by atomic mass is 79.9. The summed E-state index contributed by atoms with van der Waals surface area (Å²) in [6, 6.07) is 22.7. The molecule has 1 heterocycles. The molecule has 7 heteroatoms. The number of aliphatic carboxylic acids is 1. The van der Waals surface area contributed by atoms with E-state index < -0.39 is 18.1 Å². The molecule has 6 nitrogen and oxygen atoms in total. The van der Waals surface area contributed by atoms with Crippen LogP contribution in [0.25, 0.3) is 22.0 Å². The molecule has 0 radical (unpaired) electrons. The molecule has 0 unspecified atom stereocenters. The van der Waals surface area contributed by atoms with Crippen molar-refractivity contribution in [3.63, 3.8) is 0 Å². The number of nitrogens with zero attached hydrogens (tertiary/aromatic N) is 1. The molecule has 0 saturated carbocycles. The van der Waals surface area contributed by atoms with Gasteiger partial charge >= 0.3 is 12.1 Å². The zero-order valence-corrected chi connectivity index (χ0v) is 19.2. The van der Waals surface area contributed by atoms with Crippen molar-refractivity contribution in [1.29, 1.82) is 0 Å². The summed E-state index contributed by atoms with van der Waals surface area (Å²) in [5, 5.41) is 10.7. The van der Waals surface area contributed by atoms with E-state index in [1.54, 1.807) is 6.20 Å². The molecule has 2 N–H and O–H groups in total. The first-order valence-corrected chi connectivity index (χ1v) is 11.3. The maximum absolute atomic E-state index is 12.8. The van der Waals surface area contributed by atoms with E-state index in [1.807, 2.05) is 60.7 Å². The number of ether oxygens (including phenoxy) is 1. The van der Waals surface area contributed by atoms with Crippen LogP contribution in [0.3, 0.4) is 0 Å². The second-order valence-corrected chi connectivity index (χ2v) is 8.80. The van der Waals surface area contributed by atoms with Gasteiger partial charge in [-0.15, -0.1) is 0 Å². The fourth-order valence-corrected chi connectivity index (χ4v) is 4.98. The quantitative estimate of drug-likeness (QED) is 0.328. The summed E-state index contributed by atoms with van der Waals surface area (Å²) in [6.07, 6.45) is 1.18. The van der Waals surface area contributed by atoms with Crippen LogP contribution >= 0.6 is 16.1 Å². The minimum Gasteiger partial charge on any atom is -0.480 e. The fourth-order valence-electron chi connectivity index (χ4n) is 4.56. The molecule has 5 rings (SSSR count). The van der Waals surface area contributed by atoms with Crippen molar-refractivity contribution in [2.75, 3.05) is 6.61 Å². The number of benzene rings is 3. The lowest BCUT2D eigenvalue weighted by molar-refractivity contribution is -0.140. The third-order valence-corrected chi connectivity index (χ3v) is 6.94. The average molecular weight is 505 g/mol. The zero-order valence-electron chi connectivity index (χ0n) is 17.6. The Morgan fingerprint density at radius 2 is 1.58 bits per heavy atom. The zero-order chi connectivity index (χ0) is 22.9. The molecule has 0 spiro atoms. The Bertz CT molecular complexity index is 1300. The number of carbonyl (C=O) groups is 2. The number of carbonyl (C=O) groups excluding carboxylic acids is 1. The van der Waals surface area contributed by atoms with Crippen LogP contribution in [0.15, 0.2) is 79.0 Å². The normalized spacial score (nSPS) is 13.4. The first kappa shape index (κ1) is 21.3. The number of H-pyrrole nitrogens is 1. The molecule has 1 aromatic heterocycles. The van der Waals surface area contributed by atoms with Gasteiger partial charge in [-0.25, -0.2) is 13.5 Å². The molecule has 1 atom stereocenters. The van der Waals surface area contributed by atoms with E-state index in [4.69, 9.17) is 4.74 Å². The highest BCUT2D eigenvalue weighted by Gasteiger charge is 2.33. The summed E-state index contributed by atoms with van der Waals surface area (Å²) in [5.41, 5.74) is 6.19. The molecule has 166 valence electrons. The van der Waals surface area contributed by atoms with Crippen LogP contribution < -0.4 is 0 Å². The topological polar surface area (TPSA) is 82.6 Å². The Kier molecular flexibility index (Phi) is 5.64. The number of halogens is 1. The lowest BCUT2D eigenvalue weighted by atomic mass is 9.98. The van der Waals surface area contributed by atoms with Crippen LogP contribution in [-0.2, 0) is 16.0 Å². The Morgan fingerprint density at radius 1 is 0.970 bits per heavy atom. The predicted octanol–water partition coefficient (Wildman–Crippen LogP) is 5.72. The van der Waals surface area contributed by atoms with E-state index in [0.717, 1.165) is 42.6 Å². The molecule has 0 bridgehead atoms. The molecule has 0 fully saturated rings. The molecule has 33 heavy (non-hydrogen) atoms. The maximum atomic E-state index is 12.8. The van der Waals surface area contributed by atoms with E-state index in [2.05, 4.69) is 33.3 Å². The predicted molar refractivity (Wildman–Crippen MR) is 129 cm³/mol.